The number of rotatable bonds is 5. The number of amides is 1. The Kier molecular flexibility index (Phi) is 4.62. The minimum absolute atomic E-state index is 0.00420. The summed E-state index contributed by atoms with van der Waals surface area (Å²) in [6, 6.07) is 10.2. The van der Waals surface area contributed by atoms with Crippen molar-refractivity contribution in [3.8, 4) is 11.3 Å². The number of hydrogen-bond donors (Lipinski definition) is 3. The molecule has 0 radical (unpaired) electrons. The number of aromatic nitrogens is 2. The van der Waals surface area contributed by atoms with Crippen molar-refractivity contribution in [2.45, 2.75) is 12.8 Å². The van der Waals surface area contributed by atoms with Gasteiger partial charge < -0.3 is 10.4 Å². The number of aromatic amines is 1. The summed E-state index contributed by atoms with van der Waals surface area (Å²) >= 11 is 0. The molecule has 0 aliphatic heterocycles. The lowest BCUT2D eigenvalue weighted by Gasteiger charge is -2.05. The Balaban J connectivity index is 2.04. The summed E-state index contributed by atoms with van der Waals surface area (Å²) in [6.07, 6.45) is 0.741. The molecular weight excluding hydrogens is 258 g/mol. The van der Waals surface area contributed by atoms with Crippen LogP contribution < -0.4 is 10.9 Å². The van der Waals surface area contributed by atoms with Gasteiger partial charge in [-0.3, -0.25) is 9.59 Å². The zero-order valence-corrected chi connectivity index (χ0v) is 10.8. The maximum atomic E-state index is 11.5. The van der Waals surface area contributed by atoms with Crippen molar-refractivity contribution in [3.05, 3.63) is 46.8 Å². The molecular formula is C14H15N3O3. The van der Waals surface area contributed by atoms with Gasteiger partial charge >= 0.3 is 0 Å². The second-order valence-corrected chi connectivity index (χ2v) is 4.26. The largest absolute Gasteiger partial charge is 0.396 e. The highest BCUT2D eigenvalue weighted by Gasteiger charge is 2.03. The molecule has 6 heteroatoms. The number of anilines is 1. The molecule has 0 saturated heterocycles. The molecule has 0 saturated carbocycles. The van der Waals surface area contributed by atoms with Crippen LogP contribution in [0.2, 0.25) is 0 Å². The number of aliphatic hydroxyl groups excluding tert-OH is 1. The Hall–Kier alpha value is -2.47. The lowest BCUT2D eigenvalue weighted by atomic mass is 10.1. The Morgan fingerprint density at radius 2 is 1.95 bits per heavy atom. The molecule has 3 N–H and O–H groups in total. The highest BCUT2D eigenvalue weighted by Crippen LogP contribution is 2.18. The molecule has 1 heterocycles. The molecule has 2 aromatic rings. The first kappa shape index (κ1) is 14.0. The van der Waals surface area contributed by atoms with Crippen molar-refractivity contribution < 1.29 is 9.90 Å². The number of carbonyl (C=O) groups is 1. The maximum Gasteiger partial charge on any atom is 0.264 e. The van der Waals surface area contributed by atoms with Crippen molar-refractivity contribution in [1.29, 1.82) is 0 Å². The summed E-state index contributed by atoms with van der Waals surface area (Å²) in [5.41, 5.74) is 1.93. The van der Waals surface area contributed by atoms with Gasteiger partial charge in [0, 0.05) is 30.3 Å². The molecule has 104 valence electrons. The van der Waals surface area contributed by atoms with Gasteiger partial charge in [0.25, 0.3) is 5.56 Å². The molecule has 20 heavy (non-hydrogen) atoms. The van der Waals surface area contributed by atoms with Gasteiger partial charge in [-0.15, -0.1) is 0 Å². The molecule has 6 nitrogen and oxygen atoms in total. The number of benzene rings is 1. The van der Waals surface area contributed by atoms with E-state index in [1.54, 1.807) is 18.2 Å². The van der Waals surface area contributed by atoms with E-state index in [1.165, 1.54) is 6.07 Å². The van der Waals surface area contributed by atoms with Gasteiger partial charge in [-0.1, -0.05) is 12.1 Å². The summed E-state index contributed by atoms with van der Waals surface area (Å²) in [4.78, 5) is 22.4. The molecule has 2 rings (SSSR count). The monoisotopic (exact) mass is 273 g/mol. The standard InChI is InChI=1S/C14H15N3O3/c18-9-1-2-13(19)15-11-5-3-10(4-6-11)12-7-8-14(20)17-16-12/h3-8,18H,1-2,9H2,(H,15,19)(H,17,20). The first-order valence-corrected chi connectivity index (χ1v) is 6.26. The van der Waals surface area contributed by atoms with Crippen molar-refractivity contribution in [3.63, 3.8) is 0 Å². The second-order valence-electron chi connectivity index (χ2n) is 4.26. The van der Waals surface area contributed by atoms with E-state index < -0.39 is 0 Å². The van der Waals surface area contributed by atoms with Gasteiger partial charge in [0.15, 0.2) is 0 Å². The third-order valence-electron chi connectivity index (χ3n) is 2.71. The minimum atomic E-state index is -0.249. The topological polar surface area (TPSA) is 95.1 Å². The summed E-state index contributed by atoms with van der Waals surface area (Å²) in [6.45, 7) is 0.00420. The van der Waals surface area contributed by atoms with Crippen LogP contribution in [0.15, 0.2) is 41.2 Å². The lowest BCUT2D eigenvalue weighted by Crippen LogP contribution is -2.11. The number of aliphatic hydroxyl groups is 1. The van der Waals surface area contributed by atoms with Gasteiger partial charge in [-0.05, 0) is 24.6 Å². The number of nitrogens with one attached hydrogen (secondary N) is 2. The summed E-state index contributed by atoms with van der Waals surface area (Å²) in [5, 5.41) is 17.7. The van der Waals surface area contributed by atoms with Gasteiger partial charge in [0.05, 0.1) is 5.69 Å². The average Bonchev–Trinajstić information content (AvgIpc) is 2.47. The number of hydrogen-bond acceptors (Lipinski definition) is 4. The zero-order chi connectivity index (χ0) is 14.4. The highest BCUT2D eigenvalue weighted by molar-refractivity contribution is 5.90. The second kappa shape index (κ2) is 6.63. The fourth-order valence-corrected chi connectivity index (χ4v) is 1.69. The van der Waals surface area contributed by atoms with Crippen LogP contribution in [0.3, 0.4) is 0 Å². The van der Waals surface area contributed by atoms with E-state index in [0.29, 0.717) is 24.2 Å². The first-order chi connectivity index (χ1) is 9.69. The Morgan fingerprint density at radius 1 is 1.20 bits per heavy atom. The zero-order valence-electron chi connectivity index (χ0n) is 10.8. The lowest BCUT2D eigenvalue weighted by molar-refractivity contribution is -0.116. The summed E-state index contributed by atoms with van der Waals surface area (Å²) in [7, 11) is 0. The first-order valence-electron chi connectivity index (χ1n) is 6.26. The van der Waals surface area contributed by atoms with Gasteiger partial charge in [-0.25, -0.2) is 5.10 Å². The van der Waals surface area contributed by atoms with Crippen LogP contribution in [-0.4, -0.2) is 27.8 Å². The van der Waals surface area contributed by atoms with Crippen molar-refractivity contribution >= 4 is 11.6 Å². The molecule has 0 bridgehead atoms. The highest BCUT2D eigenvalue weighted by atomic mass is 16.3. The van der Waals surface area contributed by atoms with Gasteiger partial charge in [0.1, 0.15) is 0 Å². The molecule has 1 aromatic heterocycles. The van der Waals surface area contributed by atoms with E-state index in [-0.39, 0.29) is 18.1 Å². The van der Waals surface area contributed by atoms with Gasteiger partial charge in [-0.2, -0.15) is 5.10 Å². The van der Waals surface area contributed by atoms with Crippen LogP contribution in [0.25, 0.3) is 11.3 Å². The molecule has 0 aliphatic rings. The SMILES string of the molecule is O=C(CCCO)Nc1ccc(-c2ccc(=O)[nH]n2)cc1. The fraction of sp³-hybridized carbons (Fsp3) is 0.214. The van der Waals surface area contributed by atoms with Crippen LogP contribution in [0, 0.1) is 0 Å². The van der Waals surface area contributed by atoms with Crippen LogP contribution >= 0.6 is 0 Å². The molecule has 0 spiro atoms. The molecule has 0 atom stereocenters. The third kappa shape index (κ3) is 3.76. The minimum Gasteiger partial charge on any atom is -0.396 e. The Bertz CT molecular complexity index is 614. The fourth-order valence-electron chi connectivity index (χ4n) is 1.69. The van der Waals surface area contributed by atoms with Crippen LogP contribution in [-0.2, 0) is 4.79 Å². The normalized spacial score (nSPS) is 10.2. The van der Waals surface area contributed by atoms with E-state index in [4.69, 9.17) is 5.11 Å². The van der Waals surface area contributed by atoms with E-state index in [9.17, 15) is 9.59 Å². The molecule has 0 unspecified atom stereocenters. The van der Waals surface area contributed by atoms with Crippen molar-refractivity contribution in [2.75, 3.05) is 11.9 Å². The van der Waals surface area contributed by atoms with Crippen LogP contribution in [0.1, 0.15) is 12.8 Å². The van der Waals surface area contributed by atoms with E-state index in [0.717, 1.165) is 5.56 Å². The number of carbonyl (C=O) groups excluding carboxylic acids is 1. The third-order valence-corrected chi connectivity index (χ3v) is 2.71. The Morgan fingerprint density at radius 3 is 2.55 bits per heavy atom. The van der Waals surface area contributed by atoms with E-state index >= 15 is 0 Å². The van der Waals surface area contributed by atoms with Crippen LogP contribution in [0.4, 0.5) is 5.69 Å². The van der Waals surface area contributed by atoms with Gasteiger partial charge in [0.2, 0.25) is 5.91 Å². The van der Waals surface area contributed by atoms with E-state index in [1.807, 2.05) is 12.1 Å². The predicted octanol–water partition coefficient (Wildman–Crippen LogP) is 1.15. The van der Waals surface area contributed by atoms with Crippen molar-refractivity contribution in [1.82, 2.24) is 10.2 Å². The van der Waals surface area contributed by atoms with E-state index in [2.05, 4.69) is 15.5 Å². The smallest absolute Gasteiger partial charge is 0.264 e. The number of H-pyrrole nitrogens is 1. The summed E-state index contributed by atoms with van der Waals surface area (Å²) in [5.74, 6) is -0.131. The van der Waals surface area contributed by atoms with Crippen LogP contribution in [0.5, 0.6) is 0 Å². The number of nitrogens with zero attached hydrogens (tertiary/aromatic N) is 1. The quantitative estimate of drug-likeness (QED) is 0.761. The summed E-state index contributed by atoms with van der Waals surface area (Å²) < 4.78 is 0. The maximum absolute atomic E-state index is 11.5. The average molecular weight is 273 g/mol. The molecule has 0 fully saturated rings. The predicted molar refractivity (Wildman–Crippen MR) is 75.2 cm³/mol. The molecule has 1 amide bonds. The molecule has 0 aliphatic carbocycles. The molecule has 1 aromatic carbocycles. The Labute approximate surface area is 115 Å². The van der Waals surface area contributed by atoms with Crippen molar-refractivity contribution in [2.24, 2.45) is 0 Å².